The van der Waals surface area contributed by atoms with E-state index in [-0.39, 0.29) is 4.90 Å². The van der Waals surface area contributed by atoms with Gasteiger partial charge < -0.3 is 5.32 Å². The van der Waals surface area contributed by atoms with Gasteiger partial charge in [0.05, 0.1) is 0 Å². The molecule has 0 bridgehead atoms. The molecule has 0 atom stereocenters. The molecule has 0 fully saturated rings. The van der Waals surface area contributed by atoms with E-state index in [1.807, 2.05) is 0 Å². The number of hydrogen-bond donors (Lipinski definition) is 2. The number of aryl methyl sites for hydroxylation is 1. The molecule has 2 N–H and O–H groups in total. The third-order valence-electron chi connectivity index (χ3n) is 2.88. The number of pyridine rings is 1. The van der Waals surface area contributed by atoms with Crippen molar-refractivity contribution in [3.63, 3.8) is 0 Å². The molecule has 0 aliphatic heterocycles. The van der Waals surface area contributed by atoms with E-state index in [1.54, 1.807) is 12.1 Å². The van der Waals surface area contributed by atoms with Gasteiger partial charge >= 0.3 is 0 Å². The predicted molar refractivity (Wildman–Crippen MR) is 78.3 cm³/mol. The van der Waals surface area contributed by atoms with Crippen molar-refractivity contribution >= 4 is 15.8 Å². The second kappa shape index (κ2) is 6.64. The van der Waals surface area contributed by atoms with Gasteiger partial charge in [-0.2, -0.15) is 5.10 Å². The van der Waals surface area contributed by atoms with Crippen LogP contribution in [0.25, 0.3) is 0 Å². The van der Waals surface area contributed by atoms with Gasteiger partial charge in [-0.3, -0.25) is 5.10 Å². The van der Waals surface area contributed by atoms with Gasteiger partial charge in [-0.25, -0.2) is 22.7 Å². The summed E-state index contributed by atoms with van der Waals surface area (Å²) in [4.78, 5) is 8.32. The van der Waals surface area contributed by atoms with Gasteiger partial charge in [-0.15, -0.1) is 0 Å². The molecule has 0 amide bonds. The zero-order chi connectivity index (χ0) is 15.3. The second-order valence-electron chi connectivity index (χ2n) is 4.63. The summed E-state index contributed by atoms with van der Waals surface area (Å²) in [6, 6.07) is 3.20. The van der Waals surface area contributed by atoms with Gasteiger partial charge in [0, 0.05) is 33.3 Å². The number of anilines is 1. The fraction of sp³-hybridized carbons (Fsp3) is 0.417. The summed E-state index contributed by atoms with van der Waals surface area (Å²) in [5, 5.41) is 9.70. The molecule has 0 aliphatic carbocycles. The Balaban J connectivity index is 1.85. The van der Waals surface area contributed by atoms with Crippen molar-refractivity contribution in [2.45, 2.75) is 17.7 Å². The van der Waals surface area contributed by atoms with E-state index in [1.165, 1.54) is 26.6 Å². The highest BCUT2D eigenvalue weighted by Gasteiger charge is 2.17. The fourth-order valence-corrected chi connectivity index (χ4v) is 2.52. The first-order valence-corrected chi connectivity index (χ1v) is 7.91. The second-order valence-corrected chi connectivity index (χ2v) is 6.78. The van der Waals surface area contributed by atoms with Crippen LogP contribution in [0.3, 0.4) is 0 Å². The lowest BCUT2D eigenvalue weighted by atomic mass is 10.3. The molecular formula is C12H18N6O2S. The quantitative estimate of drug-likeness (QED) is 0.722. The molecule has 0 aromatic carbocycles. The Kier molecular flexibility index (Phi) is 4.86. The number of rotatable bonds is 7. The van der Waals surface area contributed by atoms with Crippen LogP contribution in [0.5, 0.6) is 0 Å². The SMILES string of the molecule is CN(C)S(=O)(=O)c1ccc(NCCCc2ncn[nH]2)nc1. The molecule has 9 heteroatoms. The Labute approximate surface area is 123 Å². The lowest BCUT2D eigenvalue weighted by molar-refractivity contribution is 0.520. The minimum atomic E-state index is -3.42. The van der Waals surface area contributed by atoms with Crippen LogP contribution in [0.1, 0.15) is 12.2 Å². The maximum Gasteiger partial charge on any atom is 0.244 e. The Hall–Kier alpha value is -2.00. The fourth-order valence-electron chi connectivity index (χ4n) is 1.67. The number of hydrogen-bond acceptors (Lipinski definition) is 6. The number of H-pyrrole nitrogens is 1. The highest BCUT2D eigenvalue weighted by atomic mass is 32.2. The van der Waals surface area contributed by atoms with Gasteiger partial charge in [-0.05, 0) is 18.6 Å². The Bertz CT molecular complexity index is 652. The molecule has 0 spiro atoms. The van der Waals surface area contributed by atoms with E-state index in [9.17, 15) is 8.42 Å². The minimum absolute atomic E-state index is 0.180. The van der Waals surface area contributed by atoms with Gasteiger partial charge in [0.2, 0.25) is 10.0 Å². The van der Waals surface area contributed by atoms with E-state index in [0.29, 0.717) is 12.4 Å². The zero-order valence-electron chi connectivity index (χ0n) is 11.9. The third-order valence-corrected chi connectivity index (χ3v) is 4.67. The average Bonchev–Trinajstić information content (AvgIpc) is 2.97. The normalized spacial score (nSPS) is 11.8. The van der Waals surface area contributed by atoms with Gasteiger partial charge in [0.15, 0.2) is 0 Å². The van der Waals surface area contributed by atoms with Crippen molar-refractivity contribution in [1.29, 1.82) is 0 Å². The maximum absolute atomic E-state index is 11.9. The van der Waals surface area contributed by atoms with Gasteiger partial charge in [0.25, 0.3) is 0 Å². The van der Waals surface area contributed by atoms with E-state index in [2.05, 4.69) is 25.5 Å². The van der Waals surface area contributed by atoms with Crippen molar-refractivity contribution in [2.75, 3.05) is 26.0 Å². The molecule has 8 nitrogen and oxygen atoms in total. The van der Waals surface area contributed by atoms with Crippen LogP contribution in [0.4, 0.5) is 5.82 Å². The van der Waals surface area contributed by atoms with Crippen molar-refractivity contribution in [3.05, 3.63) is 30.5 Å². The molecule has 0 radical (unpaired) electrons. The molecule has 114 valence electrons. The first-order valence-electron chi connectivity index (χ1n) is 6.47. The van der Waals surface area contributed by atoms with Crippen LogP contribution >= 0.6 is 0 Å². The summed E-state index contributed by atoms with van der Waals surface area (Å²) in [5.41, 5.74) is 0. The maximum atomic E-state index is 11.9. The van der Waals surface area contributed by atoms with Crippen LogP contribution in [0.2, 0.25) is 0 Å². The molecular weight excluding hydrogens is 292 g/mol. The number of sulfonamides is 1. The number of aromatic amines is 1. The third kappa shape index (κ3) is 3.99. The van der Waals surface area contributed by atoms with Crippen LogP contribution in [0.15, 0.2) is 29.6 Å². The minimum Gasteiger partial charge on any atom is -0.370 e. The molecule has 0 unspecified atom stereocenters. The Morgan fingerprint density at radius 2 is 2.10 bits per heavy atom. The van der Waals surface area contributed by atoms with Crippen molar-refractivity contribution in [3.8, 4) is 0 Å². The molecule has 0 saturated carbocycles. The molecule has 21 heavy (non-hydrogen) atoms. The zero-order valence-corrected chi connectivity index (χ0v) is 12.8. The highest BCUT2D eigenvalue weighted by Crippen LogP contribution is 2.13. The molecule has 2 aromatic rings. The lowest BCUT2D eigenvalue weighted by Crippen LogP contribution is -2.22. The monoisotopic (exact) mass is 310 g/mol. The average molecular weight is 310 g/mol. The van der Waals surface area contributed by atoms with E-state index < -0.39 is 10.0 Å². The Morgan fingerprint density at radius 3 is 2.67 bits per heavy atom. The highest BCUT2D eigenvalue weighted by molar-refractivity contribution is 7.89. The van der Waals surface area contributed by atoms with Crippen LogP contribution < -0.4 is 5.32 Å². The number of nitrogens with one attached hydrogen (secondary N) is 2. The first-order chi connectivity index (χ1) is 10.00. The van der Waals surface area contributed by atoms with E-state index in [0.717, 1.165) is 23.0 Å². The van der Waals surface area contributed by atoms with Gasteiger partial charge in [-0.1, -0.05) is 0 Å². The lowest BCUT2D eigenvalue weighted by Gasteiger charge is -2.11. The van der Waals surface area contributed by atoms with Gasteiger partial charge in [0.1, 0.15) is 22.9 Å². The molecule has 2 rings (SSSR count). The van der Waals surface area contributed by atoms with Crippen LogP contribution in [0, 0.1) is 0 Å². The summed E-state index contributed by atoms with van der Waals surface area (Å²) in [6.45, 7) is 0.716. The predicted octanol–water partition coefficient (Wildman–Crippen LogP) is 0.495. The first kappa shape index (κ1) is 15.4. The number of aromatic nitrogens is 4. The summed E-state index contributed by atoms with van der Waals surface area (Å²) in [7, 11) is -0.443. The topological polar surface area (TPSA) is 104 Å². The van der Waals surface area contributed by atoms with E-state index in [4.69, 9.17) is 0 Å². The molecule has 2 aromatic heterocycles. The molecule has 2 heterocycles. The summed E-state index contributed by atoms with van der Waals surface area (Å²) < 4.78 is 24.9. The summed E-state index contributed by atoms with van der Waals surface area (Å²) >= 11 is 0. The van der Waals surface area contributed by atoms with Crippen LogP contribution in [-0.2, 0) is 16.4 Å². The van der Waals surface area contributed by atoms with Crippen molar-refractivity contribution in [1.82, 2.24) is 24.5 Å². The smallest absolute Gasteiger partial charge is 0.244 e. The summed E-state index contributed by atoms with van der Waals surface area (Å²) in [5.74, 6) is 1.49. The number of nitrogens with zero attached hydrogens (tertiary/aromatic N) is 4. The Morgan fingerprint density at radius 1 is 1.29 bits per heavy atom. The molecule has 0 aliphatic rings. The standard InChI is InChI=1S/C12H18N6O2S/c1-18(2)21(19,20)10-5-6-11(14-8-10)13-7-3-4-12-15-9-16-17-12/h5-6,8-9H,3-4,7H2,1-2H3,(H,13,14)(H,15,16,17). The van der Waals surface area contributed by atoms with Crippen LogP contribution in [-0.4, -0.2) is 53.5 Å². The molecule has 0 saturated heterocycles. The largest absolute Gasteiger partial charge is 0.370 e. The van der Waals surface area contributed by atoms with E-state index >= 15 is 0 Å². The summed E-state index contributed by atoms with van der Waals surface area (Å²) in [6.07, 6.45) is 4.50. The van der Waals surface area contributed by atoms with Crippen molar-refractivity contribution < 1.29 is 8.42 Å². The van der Waals surface area contributed by atoms with Crippen molar-refractivity contribution in [2.24, 2.45) is 0 Å².